The third-order valence-electron chi connectivity index (χ3n) is 9.10. The molecule has 2 aromatic heterocycles. The first-order chi connectivity index (χ1) is 20.3. The van der Waals surface area contributed by atoms with Crippen LogP contribution < -0.4 is 0 Å². The Bertz CT molecular complexity index is 1780. The van der Waals surface area contributed by atoms with Gasteiger partial charge in [0.2, 0.25) is 0 Å². The van der Waals surface area contributed by atoms with Crippen LogP contribution in [0.5, 0.6) is 11.5 Å². The van der Waals surface area contributed by atoms with E-state index in [1.807, 2.05) is 6.07 Å². The molecule has 7 rings (SSSR count). The van der Waals surface area contributed by atoms with E-state index in [1.54, 1.807) is 18.2 Å². The number of rotatable bonds is 2. The Kier molecular flexibility index (Phi) is 6.54. The lowest BCUT2D eigenvalue weighted by Crippen LogP contribution is -2.73. The van der Waals surface area contributed by atoms with Crippen LogP contribution in [0.15, 0.2) is 51.5 Å². The molecular formula is C34H42N2O8. The molecule has 5 heterocycles. The number of benzene rings is 2. The number of hydrogen-bond donors (Lipinski definition) is 2. The summed E-state index contributed by atoms with van der Waals surface area (Å²) in [7, 11) is 0. The zero-order valence-corrected chi connectivity index (χ0v) is 27.1. The van der Waals surface area contributed by atoms with Gasteiger partial charge in [0, 0.05) is 27.4 Å². The molecule has 236 valence electrons. The molecule has 2 atom stereocenters. The molecule has 0 radical (unpaired) electrons. The standard InChI is InChI=1S/C17H21NO5.C17H21NO3/c1-14(2,3)17-15(4,5)8-21-16(17,22-23-17)10-6-11(19)13-12(7-10)20-9-18-13;1-16(2,3)15-14(20-8-17(15,4)5)10-6-11(19)13-12(7-10)21-9-18-13/h6-7,9,19H,8H2,1-5H3;6-7,9,19H,8H2,1-5H3. The van der Waals surface area contributed by atoms with E-state index in [9.17, 15) is 10.2 Å². The van der Waals surface area contributed by atoms with E-state index >= 15 is 0 Å². The normalized spacial score (nSPS) is 25.9. The Hall–Kier alpha value is -3.60. The van der Waals surface area contributed by atoms with Gasteiger partial charge in [-0.25, -0.2) is 14.9 Å². The second-order valence-corrected chi connectivity index (χ2v) is 15.4. The summed E-state index contributed by atoms with van der Waals surface area (Å²) in [6.07, 6.45) is 2.65. The minimum atomic E-state index is -1.08. The summed E-state index contributed by atoms with van der Waals surface area (Å²) < 4.78 is 22.8. The third kappa shape index (κ3) is 4.18. The number of fused-ring (bicyclic) bond motifs is 3. The lowest BCUT2D eigenvalue weighted by Gasteiger charge is -2.61. The van der Waals surface area contributed by atoms with Gasteiger partial charge < -0.3 is 28.5 Å². The molecular weight excluding hydrogens is 564 g/mol. The fraction of sp³-hybridized carbons (Fsp3) is 0.529. The zero-order chi connectivity index (χ0) is 32.1. The van der Waals surface area contributed by atoms with E-state index in [1.165, 1.54) is 18.4 Å². The number of phenolic OH excluding ortho intramolecular Hbond substituents is 2. The lowest BCUT2D eigenvalue weighted by atomic mass is 9.57. The van der Waals surface area contributed by atoms with Gasteiger partial charge in [-0.05, 0) is 35.3 Å². The van der Waals surface area contributed by atoms with E-state index in [4.69, 9.17) is 28.1 Å². The van der Waals surface area contributed by atoms with E-state index in [0.29, 0.717) is 41.0 Å². The summed E-state index contributed by atoms with van der Waals surface area (Å²) in [5, 5.41) is 20.4. The first-order valence-corrected chi connectivity index (χ1v) is 14.9. The van der Waals surface area contributed by atoms with Crippen molar-refractivity contribution >= 4 is 28.0 Å². The van der Waals surface area contributed by atoms with Crippen LogP contribution >= 0.6 is 0 Å². The van der Waals surface area contributed by atoms with Crippen LogP contribution in [0.2, 0.25) is 0 Å². The molecule has 2 unspecified atom stereocenters. The van der Waals surface area contributed by atoms with Crippen molar-refractivity contribution < 1.29 is 38.3 Å². The summed E-state index contributed by atoms with van der Waals surface area (Å²) in [4.78, 5) is 19.4. The number of oxazole rings is 2. The van der Waals surface area contributed by atoms with Gasteiger partial charge in [0.15, 0.2) is 40.6 Å². The molecule has 44 heavy (non-hydrogen) atoms. The van der Waals surface area contributed by atoms with Crippen molar-refractivity contribution in [2.24, 2.45) is 21.7 Å². The molecule has 3 aliphatic rings. The van der Waals surface area contributed by atoms with Crippen LogP contribution in [-0.2, 0) is 25.0 Å². The Morgan fingerprint density at radius 1 is 0.750 bits per heavy atom. The predicted octanol–water partition coefficient (Wildman–Crippen LogP) is 7.84. The monoisotopic (exact) mass is 606 g/mol. The van der Waals surface area contributed by atoms with Crippen molar-refractivity contribution in [3.8, 4) is 11.5 Å². The van der Waals surface area contributed by atoms with Gasteiger partial charge in [0.25, 0.3) is 5.79 Å². The number of aromatic hydroxyl groups is 2. The predicted molar refractivity (Wildman–Crippen MR) is 163 cm³/mol. The topological polar surface area (TPSA) is 129 Å². The molecule has 4 aromatic rings. The zero-order valence-electron chi connectivity index (χ0n) is 27.1. The van der Waals surface area contributed by atoms with Crippen molar-refractivity contribution in [1.82, 2.24) is 9.97 Å². The van der Waals surface area contributed by atoms with Crippen LogP contribution in [0.1, 0.15) is 80.4 Å². The van der Waals surface area contributed by atoms with Gasteiger partial charge in [-0.15, -0.1) is 0 Å². The minimum absolute atomic E-state index is 0.0126. The molecule has 2 saturated heterocycles. The summed E-state index contributed by atoms with van der Waals surface area (Å²) in [6, 6.07) is 7.00. The maximum atomic E-state index is 10.3. The summed E-state index contributed by atoms with van der Waals surface area (Å²) >= 11 is 0. The Labute approximate surface area is 256 Å². The van der Waals surface area contributed by atoms with Crippen molar-refractivity contribution in [2.45, 2.75) is 80.6 Å². The first-order valence-electron chi connectivity index (χ1n) is 14.9. The average Bonchev–Trinajstić information content (AvgIpc) is 3.63. The molecule has 2 fully saturated rings. The van der Waals surface area contributed by atoms with Crippen molar-refractivity contribution in [3.63, 3.8) is 0 Å². The molecule has 0 bridgehead atoms. The Morgan fingerprint density at radius 3 is 1.89 bits per heavy atom. The van der Waals surface area contributed by atoms with Crippen LogP contribution in [0.3, 0.4) is 0 Å². The molecule has 10 heteroatoms. The number of nitrogens with zero attached hydrogens (tertiary/aromatic N) is 2. The molecule has 0 aliphatic carbocycles. The van der Waals surface area contributed by atoms with Crippen molar-refractivity contribution in [2.75, 3.05) is 13.2 Å². The van der Waals surface area contributed by atoms with E-state index < -0.39 is 11.4 Å². The fourth-order valence-corrected chi connectivity index (χ4v) is 7.74. The molecule has 2 aromatic carbocycles. The van der Waals surface area contributed by atoms with Crippen LogP contribution in [0.4, 0.5) is 0 Å². The smallest absolute Gasteiger partial charge is 0.261 e. The highest BCUT2D eigenvalue weighted by Gasteiger charge is 2.81. The average molecular weight is 607 g/mol. The first kappa shape index (κ1) is 30.4. The molecule has 3 aliphatic heterocycles. The van der Waals surface area contributed by atoms with E-state index in [0.717, 1.165) is 11.3 Å². The van der Waals surface area contributed by atoms with Crippen LogP contribution in [0.25, 0.3) is 28.0 Å². The molecule has 0 amide bonds. The summed E-state index contributed by atoms with van der Waals surface area (Å²) in [5.41, 5.74) is 3.48. The number of ether oxygens (including phenoxy) is 2. The Balaban J connectivity index is 0.000000157. The molecule has 10 nitrogen and oxygen atoms in total. The second kappa shape index (κ2) is 9.45. The number of phenols is 2. The number of aromatic nitrogens is 2. The maximum absolute atomic E-state index is 10.3. The fourth-order valence-electron chi connectivity index (χ4n) is 7.74. The molecule has 2 N–H and O–H groups in total. The van der Waals surface area contributed by atoms with Crippen molar-refractivity contribution in [3.05, 3.63) is 53.8 Å². The highest BCUT2D eigenvalue weighted by Crippen LogP contribution is 2.69. The highest BCUT2D eigenvalue weighted by molar-refractivity contribution is 5.84. The summed E-state index contributed by atoms with van der Waals surface area (Å²) in [5.74, 6) is -0.0774. The second-order valence-electron chi connectivity index (χ2n) is 15.4. The Morgan fingerprint density at radius 2 is 1.34 bits per heavy atom. The highest BCUT2D eigenvalue weighted by atomic mass is 17.3. The largest absolute Gasteiger partial charge is 0.506 e. The van der Waals surface area contributed by atoms with Gasteiger partial charge in [-0.2, -0.15) is 4.89 Å². The van der Waals surface area contributed by atoms with E-state index in [2.05, 4.69) is 79.2 Å². The van der Waals surface area contributed by atoms with Crippen LogP contribution in [0, 0.1) is 21.7 Å². The van der Waals surface area contributed by atoms with Crippen LogP contribution in [-0.4, -0.2) is 39.0 Å². The SMILES string of the molecule is CC(C)(C)C12OOC1(c1cc(O)c3ncoc3c1)OCC2(C)C.CC(C)(C)C1=C(c2cc(O)c3ncoc3c2)OCC1(C)C. The van der Waals surface area contributed by atoms with Crippen molar-refractivity contribution in [1.29, 1.82) is 0 Å². The minimum Gasteiger partial charge on any atom is -0.506 e. The van der Waals surface area contributed by atoms with Gasteiger partial charge in [0.05, 0.1) is 13.2 Å². The lowest BCUT2D eigenvalue weighted by molar-refractivity contribution is -0.626. The van der Waals surface area contributed by atoms with Gasteiger partial charge in [-0.3, -0.25) is 0 Å². The number of hydrogen-bond acceptors (Lipinski definition) is 10. The third-order valence-corrected chi connectivity index (χ3v) is 9.10. The maximum Gasteiger partial charge on any atom is 0.261 e. The van der Waals surface area contributed by atoms with Gasteiger partial charge in [0.1, 0.15) is 17.3 Å². The molecule has 0 spiro atoms. The van der Waals surface area contributed by atoms with Gasteiger partial charge >= 0.3 is 0 Å². The van der Waals surface area contributed by atoms with Gasteiger partial charge in [-0.1, -0.05) is 69.2 Å². The van der Waals surface area contributed by atoms with E-state index in [-0.39, 0.29) is 33.2 Å². The molecule has 0 saturated carbocycles. The summed E-state index contributed by atoms with van der Waals surface area (Å²) in [6.45, 7) is 22.6. The quantitative estimate of drug-likeness (QED) is 0.218.